The fraction of sp³-hybridized carbons (Fsp3) is 0.333. The van der Waals surface area contributed by atoms with Crippen LogP contribution in [0.1, 0.15) is 6.92 Å². The molecule has 2 unspecified atom stereocenters. The number of carboxylic acids is 1. The second-order valence-corrected chi connectivity index (χ2v) is 3.77. The van der Waals surface area contributed by atoms with E-state index in [-0.39, 0.29) is 5.75 Å². The summed E-state index contributed by atoms with van der Waals surface area (Å²) in [4.78, 5) is 22.1. The van der Waals surface area contributed by atoms with Gasteiger partial charge in [-0.15, -0.1) is 0 Å². The molecular formula is C12H13F2NO4. The molecule has 2 atom stereocenters. The number of hydrogen-bond donors (Lipinski definition) is 2. The molecule has 0 aromatic heterocycles. The second-order valence-electron chi connectivity index (χ2n) is 3.77. The zero-order chi connectivity index (χ0) is 14.4. The molecule has 1 aromatic carbocycles. The van der Waals surface area contributed by atoms with Crippen LogP contribution in [0.2, 0.25) is 0 Å². The first kappa shape index (κ1) is 14.9. The molecule has 7 heteroatoms. The monoisotopic (exact) mass is 273 g/mol. The van der Waals surface area contributed by atoms with Crippen LogP contribution in [0.5, 0.6) is 5.75 Å². The van der Waals surface area contributed by atoms with Crippen LogP contribution in [0.25, 0.3) is 0 Å². The van der Waals surface area contributed by atoms with E-state index in [4.69, 9.17) is 9.84 Å². The number of alkyl halides is 1. The Balaban J connectivity index is 2.57. The average Bonchev–Trinajstić information content (AvgIpc) is 2.37. The summed E-state index contributed by atoms with van der Waals surface area (Å²) in [5, 5.41) is 10.6. The summed E-state index contributed by atoms with van der Waals surface area (Å²) < 4.78 is 30.1. The van der Waals surface area contributed by atoms with Gasteiger partial charge < -0.3 is 15.2 Å². The van der Waals surface area contributed by atoms with E-state index in [1.54, 1.807) is 0 Å². The maximum absolute atomic E-state index is 12.6. The van der Waals surface area contributed by atoms with Crippen LogP contribution in [-0.4, -0.2) is 35.8 Å². The number of rotatable bonds is 6. The normalized spacial score (nSPS) is 13.4. The average molecular weight is 273 g/mol. The minimum absolute atomic E-state index is 0.246. The summed E-state index contributed by atoms with van der Waals surface area (Å²) >= 11 is 0. The van der Waals surface area contributed by atoms with Gasteiger partial charge >= 0.3 is 5.97 Å². The Morgan fingerprint density at radius 2 is 1.95 bits per heavy atom. The predicted octanol–water partition coefficient (Wildman–Crippen LogP) is 1.13. The third kappa shape index (κ3) is 4.53. The molecule has 2 N–H and O–H groups in total. The molecule has 0 fully saturated rings. The fourth-order valence-electron chi connectivity index (χ4n) is 1.23. The van der Waals surface area contributed by atoms with Gasteiger partial charge in [0.15, 0.2) is 12.1 Å². The first-order valence-corrected chi connectivity index (χ1v) is 5.45. The Hall–Kier alpha value is -2.18. The van der Waals surface area contributed by atoms with Crippen LogP contribution >= 0.6 is 0 Å². The lowest BCUT2D eigenvalue weighted by Crippen LogP contribution is -2.47. The van der Waals surface area contributed by atoms with Crippen molar-refractivity contribution in [2.45, 2.75) is 19.1 Å². The Kier molecular flexibility index (Phi) is 5.23. The summed E-state index contributed by atoms with van der Waals surface area (Å²) in [6.45, 7) is 0.153. The first-order valence-electron chi connectivity index (χ1n) is 5.45. The highest BCUT2D eigenvalue weighted by Gasteiger charge is 2.23. The van der Waals surface area contributed by atoms with Gasteiger partial charge in [0, 0.05) is 0 Å². The van der Waals surface area contributed by atoms with Crippen LogP contribution < -0.4 is 10.1 Å². The Morgan fingerprint density at radius 1 is 1.37 bits per heavy atom. The van der Waals surface area contributed by atoms with Gasteiger partial charge in [0.2, 0.25) is 0 Å². The zero-order valence-electron chi connectivity index (χ0n) is 10.1. The second kappa shape index (κ2) is 6.67. The summed E-state index contributed by atoms with van der Waals surface area (Å²) in [5.74, 6) is -2.44. The molecule has 0 aliphatic rings. The van der Waals surface area contributed by atoms with Gasteiger partial charge in [0.1, 0.15) is 18.2 Å². The molecule has 0 saturated carbocycles. The van der Waals surface area contributed by atoms with Crippen molar-refractivity contribution in [3.8, 4) is 5.75 Å². The number of aliphatic carboxylic acids is 1. The van der Waals surface area contributed by atoms with E-state index >= 15 is 0 Å². The molecule has 0 spiro atoms. The van der Waals surface area contributed by atoms with Gasteiger partial charge in [-0.1, -0.05) is 0 Å². The summed E-state index contributed by atoms with van der Waals surface area (Å²) in [6.07, 6.45) is -1.03. The molecule has 1 amide bonds. The number of nitrogens with one attached hydrogen (secondary N) is 1. The number of amides is 1. The molecule has 1 aromatic rings. The number of ether oxygens (including phenoxy) is 1. The van der Waals surface area contributed by atoms with E-state index in [0.717, 1.165) is 12.1 Å². The van der Waals surface area contributed by atoms with Crippen LogP contribution in [0, 0.1) is 5.82 Å². The first-order chi connectivity index (χ1) is 8.93. The van der Waals surface area contributed by atoms with E-state index in [1.165, 1.54) is 19.1 Å². The third-order valence-electron chi connectivity index (χ3n) is 2.26. The van der Waals surface area contributed by atoms with Crippen molar-refractivity contribution >= 4 is 11.9 Å². The largest absolute Gasteiger partial charge is 0.481 e. The topological polar surface area (TPSA) is 75.6 Å². The van der Waals surface area contributed by atoms with Crippen LogP contribution in [0.3, 0.4) is 0 Å². The van der Waals surface area contributed by atoms with Gasteiger partial charge in [-0.2, -0.15) is 0 Å². The highest BCUT2D eigenvalue weighted by Crippen LogP contribution is 2.13. The minimum Gasteiger partial charge on any atom is -0.481 e. The van der Waals surface area contributed by atoms with Gasteiger partial charge in [0.25, 0.3) is 5.91 Å². The quantitative estimate of drug-likeness (QED) is 0.814. The maximum Gasteiger partial charge on any atom is 0.328 e. The maximum atomic E-state index is 12.6. The lowest BCUT2D eigenvalue weighted by atomic mass is 10.3. The van der Waals surface area contributed by atoms with Gasteiger partial charge in [-0.05, 0) is 31.2 Å². The van der Waals surface area contributed by atoms with Gasteiger partial charge in [-0.3, -0.25) is 4.79 Å². The molecule has 0 aliphatic heterocycles. The van der Waals surface area contributed by atoms with Gasteiger partial charge in [0.05, 0.1) is 0 Å². The molecule has 19 heavy (non-hydrogen) atoms. The Bertz CT molecular complexity index is 450. The molecule has 0 bridgehead atoms. The number of hydrogen-bond acceptors (Lipinski definition) is 3. The molecule has 1 rings (SSSR count). The van der Waals surface area contributed by atoms with E-state index < -0.39 is 36.5 Å². The molecule has 104 valence electrons. The van der Waals surface area contributed by atoms with Crippen molar-refractivity contribution in [3.05, 3.63) is 30.1 Å². The zero-order valence-corrected chi connectivity index (χ0v) is 10.1. The SMILES string of the molecule is CC(Oc1ccc(F)cc1)C(=O)NC(CF)C(=O)O. The Labute approximate surface area is 108 Å². The number of benzene rings is 1. The van der Waals surface area contributed by atoms with E-state index in [1.807, 2.05) is 5.32 Å². The summed E-state index contributed by atoms with van der Waals surface area (Å²) in [6, 6.07) is 3.35. The highest BCUT2D eigenvalue weighted by molar-refractivity contribution is 5.86. The van der Waals surface area contributed by atoms with Crippen LogP contribution in [0.4, 0.5) is 8.78 Å². The lowest BCUT2D eigenvalue weighted by Gasteiger charge is -2.17. The van der Waals surface area contributed by atoms with Crippen molar-refractivity contribution in [1.82, 2.24) is 5.32 Å². The van der Waals surface area contributed by atoms with Gasteiger partial charge in [-0.25, -0.2) is 13.6 Å². The molecule has 5 nitrogen and oxygen atoms in total. The summed E-state index contributed by atoms with van der Waals surface area (Å²) in [5.41, 5.74) is 0. The number of carbonyl (C=O) groups excluding carboxylic acids is 1. The van der Waals surface area contributed by atoms with Crippen molar-refractivity contribution in [1.29, 1.82) is 0 Å². The number of carbonyl (C=O) groups is 2. The standard InChI is InChI=1S/C12H13F2NO4/c1-7(11(16)15-10(6-13)12(17)18)19-9-4-2-8(14)3-5-9/h2-5,7,10H,6H2,1H3,(H,15,16)(H,17,18). The predicted molar refractivity (Wildman–Crippen MR) is 62.0 cm³/mol. The highest BCUT2D eigenvalue weighted by atomic mass is 19.1. The van der Waals surface area contributed by atoms with Crippen molar-refractivity contribution in [2.24, 2.45) is 0 Å². The van der Waals surface area contributed by atoms with Crippen molar-refractivity contribution in [3.63, 3.8) is 0 Å². The number of halogens is 2. The lowest BCUT2D eigenvalue weighted by molar-refractivity contribution is -0.143. The molecule has 0 radical (unpaired) electrons. The number of carboxylic acid groups (broad SMARTS) is 1. The van der Waals surface area contributed by atoms with Crippen molar-refractivity contribution < 1.29 is 28.2 Å². The third-order valence-corrected chi connectivity index (χ3v) is 2.26. The van der Waals surface area contributed by atoms with Crippen LogP contribution in [0.15, 0.2) is 24.3 Å². The van der Waals surface area contributed by atoms with Crippen molar-refractivity contribution in [2.75, 3.05) is 6.67 Å². The smallest absolute Gasteiger partial charge is 0.328 e. The molecule has 0 saturated heterocycles. The molecule has 0 aliphatic carbocycles. The van der Waals surface area contributed by atoms with Crippen LogP contribution in [-0.2, 0) is 9.59 Å². The molecule has 0 heterocycles. The van der Waals surface area contributed by atoms with E-state index in [2.05, 4.69) is 0 Å². The fourth-order valence-corrected chi connectivity index (χ4v) is 1.23. The molecular weight excluding hydrogens is 260 g/mol. The minimum atomic E-state index is -1.60. The Morgan fingerprint density at radius 3 is 2.42 bits per heavy atom. The summed E-state index contributed by atoms with van der Waals surface area (Å²) in [7, 11) is 0. The van der Waals surface area contributed by atoms with E-state index in [0.29, 0.717) is 0 Å². The van der Waals surface area contributed by atoms with E-state index in [9.17, 15) is 18.4 Å².